The minimum Gasteiger partial charge on any atom is -0.461 e. The molecule has 0 aliphatic rings. The van der Waals surface area contributed by atoms with Gasteiger partial charge in [0, 0.05) is 10.9 Å². The number of hydrogen-bond donors (Lipinski definition) is 0. The highest BCUT2D eigenvalue weighted by Crippen LogP contribution is 2.19. The van der Waals surface area contributed by atoms with Gasteiger partial charge in [0.15, 0.2) is 5.69 Å². The van der Waals surface area contributed by atoms with E-state index in [0.29, 0.717) is 6.61 Å². The predicted octanol–water partition coefficient (Wildman–Crippen LogP) is 2.38. The maximum atomic E-state index is 11.5. The minimum absolute atomic E-state index is 0.290. The highest BCUT2D eigenvalue weighted by Gasteiger charge is 2.10. The van der Waals surface area contributed by atoms with Gasteiger partial charge in [-0.25, -0.2) is 14.8 Å². The van der Waals surface area contributed by atoms with Gasteiger partial charge in [0.25, 0.3) is 0 Å². The highest BCUT2D eigenvalue weighted by atomic mass is 32.1. The number of carbonyl (C=O) groups excluding carboxylic acids is 1. The van der Waals surface area contributed by atoms with E-state index in [1.807, 2.05) is 16.8 Å². The molecule has 2 aromatic heterocycles. The summed E-state index contributed by atoms with van der Waals surface area (Å²) in [6, 6.07) is 3.59. The number of carbonyl (C=O) groups is 1. The summed E-state index contributed by atoms with van der Waals surface area (Å²) >= 11 is 1.58. The summed E-state index contributed by atoms with van der Waals surface area (Å²) in [5.74, 6) is -0.415. The first-order valence-electron chi connectivity index (χ1n) is 4.83. The van der Waals surface area contributed by atoms with Crippen LogP contribution in [-0.2, 0) is 4.74 Å². The van der Waals surface area contributed by atoms with Gasteiger partial charge in [-0.2, -0.15) is 11.3 Å². The second kappa shape index (κ2) is 4.85. The largest absolute Gasteiger partial charge is 0.461 e. The van der Waals surface area contributed by atoms with Gasteiger partial charge in [-0.15, -0.1) is 0 Å². The zero-order valence-corrected chi connectivity index (χ0v) is 9.53. The van der Waals surface area contributed by atoms with Crippen molar-refractivity contribution in [3.05, 3.63) is 34.9 Å². The average molecular weight is 234 g/mol. The molecular formula is C11H10N2O2S. The van der Waals surface area contributed by atoms with Crippen molar-refractivity contribution in [3.63, 3.8) is 0 Å². The van der Waals surface area contributed by atoms with Gasteiger partial charge in [-0.05, 0) is 24.4 Å². The van der Waals surface area contributed by atoms with E-state index in [4.69, 9.17) is 4.74 Å². The van der Waals surface area contributed by atoms with Crippen LogP contribution in [0.5, 0.6) is 0 Å². The van der Waals surface area contributed by atoms with Crippen LogP contribution in [0.4, 0.5) is 0 Å². The van der Waals surface area contributed by atoms with E-state index >= 15 is 0 Å². The first-order valence-corrected chi connectivity index (χ1v) is 5.77. The van der Waals surface area contributed by atoms with Crippen molar-refractivity contribution in [2.45, 2.75) is 6.92 Å². The second-order valence-corrected chi connectivity index (χ2v) is 3.80. The summed E-state index contributed by atoms with van der Waals surface area (Å²) in [4.78, 5) is 19.5. The molecule has 5 heteroatoms. The molecule has 0 unspecified atom stereocenters. The van der Waals surface area contributed by atoms with E-state index in [-0.39, 0.29) is 5.69 Å². The summed E-state index contributed by atoms with van der Waals surface area (Å²) in [6.45, 7) is 2.11. The maximum absolute atomic E-state index is 11.5. The molecule has 2 aromatic rings. The van der Waals surface area contributed by atoms with E-state index in [9.17, 15) is 4.79 Å². The standard InChI is InChI=1S/C11H10N2O2S/c1-2-15-11(14)10-5-9(12-7-13-10)8-3-4-16-6-8/h3-7H,2H2,1H3. The lowest BCUT2D eigenvalue weighted by Gasteiger charge is -2.01. The van der Waals surface area contributed by atoms with Crippen molar-refractivity contribution in [1.29, 1.82) is 0 Å². The van der Waals surface area contributed by atoms with Crippen molar-refractivity contribution in [2.75, 3.05) is 6.61 Å². The van der Waals surface area contributed by atoms with Crippen LogP contribution in [0.25, 0.3) is 11.3 Å². The molecule has 0 N–H and O–H groups in total. The molecule has 0 aromatic carbocycles. The third kappa shape index (κ3) is 2.25. The smallest absolute Gasteiger partial charge is 0.357 e. The molecule has 2 rings (SSSR count). The second-order valence-electron chi connectivity index (χ2n) is 3.02. The lowest BCUT2D eigenvalue weighted by Crippen LogP contribution is -2.07. The van der Waals surface area contributed by atoms with Gasteiger partial charge in [-0.1, -0.05) is 0 Å². The third-order valence-corrected chi connectivity index (χ3v) is 2.65. The molecule has 0 bridgehead atoms. The van der Waals surface area contributed by atoms with Crippen LogP contribution in [0.15, 0.2) is 29.2 Å². The molecule has 0 aliphatic carbocycles. The van der Waals surface area contributed by atoms with Crippen LogP contribution >= 0.6 is 11.3 Å². The predicted molar refractivity (Wildman–Crippen MR) is 61.3 cm³/mol. The summed E-state index contributed by atoms with van der Waals surface area (Å²) in [7, 11) is 0. The molecule has 0 saturated carbocycles. The van der Waals surface area contributed by atoms with E-state index < -0.39 is 5.97 Å². The fourth-order valence-electron chi connectivity index (χ4n) is 1.24. The van der Waals surface area contributed by atoms with Crippen LogP contribution < -0.4 is 0 Å². The van der Waals surface area contributed by atoms with Gasteiger partial charge < -0.3 is 4.74 Å². The molecule has 82 valence electrons. The molecular weight excluding hydrogens is 224 g/mol. The zero-order valence-electron chi connectivity index (χ0n) is 8.71. The van der Waals surface area contributed by atoms with Gasteiger partial charge in [0.05, 0.1) is 12.3 Å². The average Bonchev–Trinajstić information content (AvgIpc) is 2.83. The Bertz CT molecular complexity index is 482. The fraction of sp³-hybridized carbons (Fsp3) is 0.182. The Morgan fingerprint density at radius 1 is 1.50 bits per heavy atom. The molecule has 16 heavy (non-hydrogen) atoms. The van der Waals surface area contributed by atoms with Crippen molar-refractivity contribution in [1.82, 2.24) is 9.97 Å². The normalized spacial score (nSPS) is 10.1. The fourth-order valence-corrected chi connectivity index (χ4v) is 1.89. The van der Waals surface area contributed by atoms with Crippen molar-refractivity contribution in [3.8, 4) is 11.3 Å². The van der Waals surface area contributed by atoms with Crippen LogP contribution in [0.1, 0.15) is 17.4 Å². The number of hydrogen-bond acceptors (Lipinski definition) is 5. The molecule has 0 aliphatic heterocycles. The first kappa shape index (κ1) is 10.8. The number of esters is 1. The Morgan fingerprint density at radius 2 is 2.38 bits per heavy atom. The lowest BCUT2D eigenvalue weighted by molar-refractivity contribution is 0.0519. The number of rotatable bonds is 3. The van der Waals surface area contributed by atoms with Gasteiger partial charge in [-0.3, -0.25) is 0 Å². The molecule has 2 heterocycles. The van der Waals surface area contributed by atoms with E-state index in [0.717, 1.165) is 11.3 Å². The summed E-state index contributed by atoms with van der Waals surface area (Å²) < 4.78 is 4.87. The van der Waals surface area contributed by atoms with Gasteiger partial charge in [0.1, 0.15) is 6.33 Å². The Balaban J connectivity index is 2.30. The van der Waals surface area contributed by atoms with Gasteiger partial charge in [0.2, 0.25) is 0 Å². The summed E-state index contributed by atoms with van der Waals surface area (Å²) in [5.41, 5.74) is 2.01. The van der Waals surface area contributed by atoms with Crippen molar-refractivity contribution in [2.24, 2.45) is 0 Å². The monoisotopic (exact) mass is 234 g/mol. The lowest BCUT2D eigenvalue weighted by atomic mass is 10.2. The Hall–Kier alpha value is -1.75. The number of ether oxygens (including phenoxy) is 1. The van der Waals surface area contributed by atoms with Crippen molar-refractivity contribution >= 4 is 17.3 Å². The Labute approximate surface area is 96.9 Å². The van der Waals surface area contributed by atoms with Gasteiger partial charge >= 0.3 is 5.97 Å². The molecule has 0 saturated heterocycles. The SMILES string of the molecule is CCOC(=O)c1cc(-c2ccsc2)ncn1. The number of aromatic nitrogens is 2. The number of thiophene rings is 1. The maximum Gasteiger partial charge on any atom is 0.357 e. The minimum atomic E-state index is -0.415. The van der Waals surface area contributed by atoms with Crippen molar-refractivity contribution < 1.29 is 9.53 Å². The quantitative estimate of drug-likeness (QED) is 0.765. The zero-order chi connectivity index (χ0) is 11.4. The summed E-state index contributed by atoms with van der Waals surface area (Å²) in [5, 5.41) is 3.93. The van der Waals surface area contributed by atoms with Crippen LogP contribution in [0.2, 0.25) is 0 Å². The molecule has 0 amide bonds. The summed E-state index contributed by atoms with van der Waals surface area (Å²) in [6.07, 6.45) is 1.37. The van der Waals surface area contributed by atoms with Crippen LogP contribution in [0, 0.1) is 0 Å². The van der Waals surface area contributed by atoms with E-state index in [2.05, 4.69) is 9.97 Å². The topological polar surface area (TPSA) is 52.1 Å². The van der Waals surface area contributed by atoms with Crippen LogP contribution in [0.3, 0.4) is 0 Å². The highest BCUT2D eigenvalue weighted by molar-refractivity contribution is 7.08. The first-order chi connectivity index (χ1) is 7.81. The Kier molecular flexibility index (Phi) is 3.26. The van der Waals surface area contributed by atoms with E-state index in [1.165, 1.54) is 6.33 Å². The molecule has 0 atom stereocenters. The molecule has 0 radical (unpaired) electrons. The number of nitrogens with zero attached hydrogens (tertiary/aromatic N) is 2. The Morgan fingerprint density at radius 3 is 3.06 bits per heavy atom. The third-order valence-electron chi connectivity index (χ3n) is 1.97. The van der Waals surface area contributed by atoms with E-state index in [1.54, 1.807) is 24.3 Å². The molecule has 4 nitrogen and oxygen atoms in total. The van der Waals surface area contributed by atoms with Crippen LogP contribution in [-0.4, -0.2) is 22.5 Å². The molecule has 0 fully saturated rings. The molecule has 0 spiro atoms.